The molecule has 0 aromatic rings. The van der Waals surface area contributed by atoms with Gasteiger partial charge < -0.3 is 16.2 Å². The molecule has 8 heavy (non-hydrogen) atoms. The zero-order valence-electron chi connectivity index (χ0n) is 4.09. The van der Waals surface area contributed by atoms with E-state index in [1.165, 1.54) is 0 Å². The smallest absolute Gasteiger partial charge is 0.404 e. The number of ether oxygens (including phenoxy) is 1. The molecule has 4 nitrogen and oxygen atoms in total. The maximum Gasteiger partial charge on any atom is 0.404 e. The van der Waals surface area contributed by atoms with Gasteiger partial charge in [0.05, 0.1) is 0 Å². The Morgan fingerprint density at radius 2 is 2.12 bits per heavy atom. The number of carbonyl (C=O) groups excluding carboxylic acids is 1. The number of hydrogen-bond donors (Lipinski definition) is 2. The first-order valence-electron chi connectivity index (χ1n) is 1.83. The highest BCUT2D eigenvalue weighted by Gasteiger charge is 1.92. The summed E-state index contributed by atoms with van der Waals surface area (Å²) in [7, 11) is 0. The number of carbonyl (C=O) groups is 1. The second-order valence-electron chi connectivity index (χ2n) is 1.07. The fourth-order valence-electron chi connectivity index (χ4n) is 0.142. The molecule has 0 atom stereocenters. The van der Waals surface area contributed by atoms with Crippen LogP contribution in [0.25, 0.3) is 0 Å². The Labute approximate surface area is 51.8 Å². The van der Waals surface area contributed by atoms with E-state index in [1.54, 1.807) is 0 Å². The van der Waals surface area contributed by atoms with Gasteiger partial charge in [0.1, 0.15) is 11.6 Å². The Balaban J connectivity index is 3.18. The second kappa shape index (κ2) is 3.20. The van der Waals surface area contributed by atoms with Gasteiger partial charge in [-0.2, -0.15) is 0 Å². The molecule has 0 saturated heterocycles. The molecule has 1 amide bonds. The first-order valence-corrected chi connectivity index (χ1v) is 2.24. The lowest BCUT2D eigenvalue weighted by Gasteiger charge is -1.95. The van der Waals surface area contributed by atoms with Crippen molar-refractivity contribution in [2.75, 3.05) is 6.61 Å². The molecule has 0 spiro atoms. The average molecular weight is 134 g/mol. The Morgan fingerprint density at radius 3 is 2.25 bits per heavy atom. The third-order valence-electron chi connectivity index (χ3n) is 0.357. The van der Waals surface area contributed by atoms with Crippen LogP contribution >= 0.6 is 12.2 Å². The van der Waals surface area contributed by atoms with Gasteiger partial charge in [0.25, 0.3) is 0 Å². The number of rotatable bonds is 2. The predicted octanol–water partition coefficient (Wildman–Crippen LogP) is -0.632. The number of primary amides is 1. The average Bonchev–Trinajstić information content (AvgIpc) is 1.61. The van der Waals surface area contributed by atoms with Gasteiger partial charge in [-0.25, -0.2) is 4.79 Å². The van der Waals surface area contributed by atoms with Crippen LogP contribution < -0.4 is 11.5 Å². The van der Waals surface area contributed by atoms with Crippen molar-refractivity contribution >= 4 is 23.3 Å². The standard InChI is InChI=1S/C3H6N2O2S/c4-2(8)1-7-3(5)6/h1H2,(H2,4,8)(H2,5,6). The van der Waals surface area contributed by atoms with E-state index in [2.05, 4.69) is 22.7 Å². The molecule has 0 heterocycles. The van der Waals surface area contributed by atoms with Gasteiger partial charge >= 0.3 is 6.09 Å². The first kappa shape index (κ1) is 7.16. The van der Waals surface area contributed by atoms with E-state index < -0.39 is 6.09 Å². The maximum atomic E-state index is 9.79. The summed E-state index contributed by atoms with van der Waals surface area (Å²) in [6.45, 7) is -0.0787. The molecule has 0 aromatic carbocycles. The van der Waals surface area contributed by atoms with E-state index in [9.17, 15) is 4.79 Å². The van der Waals surface area contributed by atoms with Crippen LogP contribution in [0.4, 0.5) is 4.79 Å². The minimum absolute atomic E-state index is 0.0787. The summed E-state index contributed by atoms with van der Waals surface area (Å²) < 4.78 is 4.18. The molecular weight excluding hydrogens is 128 g/mol. The molecule has 0 aromatic heterocycles. The van der Waals surface area contributed by atoms with E-state index in [0.717, 1.165) is 0 Å². The van der Waals surface area contributed by atoms with Crippen LogP contribution in [-0.4, -0.2) is 17.7 Å². The molecule has 0 aliphatic heterocycles. The van der Waals surface area contributed by atoms with Gasteiger partial charge in [0.15, 0.2) is 0 Å². The van der Waals surface area contributed by atoms with Gasteiger partial charge in [-0.1, -0.05) is 12.2 Å². The van der Waals surface area contributed by atoms with Crippen molar-refractivity contribution in [2.24, 2.45) is 11.5 Å². The molecule has 5 heteroatoms. The highest BCUT2D eigenvalue weighted by molar-refractivity contribution is 7.80. The predicted molar refractivity (Wildman–Crippen MR) is 32.3 cm³/mol. The van der Waals surface area contributed by atoms with Crippen molar-refractivity contribution in [3.63, 3.8) is 0 Å². The lowest BCUT2D eigenvalue weighted by atomic mass is 10.7. The van der Waals surface area contributed by atoms with E-state index in [4.69, 9.17) is 5.73 Å². The van der Waals surface area contributed by atoms with Crippen molar-refractivity contribution in [1.29, 1.82) is 0 Å². The van der Waals surface area contributed by atoms with E-state index in [1.807, 2.05) is 0 Å². The van der Waals surface area contributed by atoms with Crippen LogP contribution in [0.15, 0.2) is 0 Å². The van der Waals surface area contributed by atoms with Crippen molar-refractivity contribution in [1.82, 2.24) is 0 Å². The molecule has 0 aliphatic rings. The quantitative estimate of drug-likeness (QED) is 0.493. The molecular formula is C3H6N2O2S. The monoisotopic (exact) mass is 134 g/mol. The highest BCUT2D eigenvalue weighted by atomic mass is 32.1. The van der Waals surface area contributed by atoms with Gasteiger partial charge in [0.2, 0.25) is 0 Å². The van der Waals surface area contributed by atoms with Crippen molar-refractivity contribution < 1.29 is 9.53 Å². The summed E-state index contributed by atoms with van der Waals surface area (Å²) in [4.78, 5) is 9.90. The van der Waals surface area contributed by atoms with E-state index in [-0.39, 0.29) is 11.6 Å². The Bertz CT molecular complexity index is 99.9. The largest absolute Gasteiger partial charge is 0.442 e. The molecule has 0 bridgehead atoms. The van der Waals surface area contributed by atoms with Crippen LogP contribution in [0.3, 0.4) is 0 Å². The first-order chi connectivity index (χ1) is 3.63. The lowest BCUT2D eigenvalue weighted by Crippen LogP contribution is -2.22. The van der Waals surface area contributed by atoms with Gasteiger partial charge in [-0.15, -0.1) is 0 Å². The number of amides is 1. The molecule has 0 fully saturated rings. The van der Waals surface area contributed by atoms with Gasteiger partial charge in [-0.05, 0) is 0 Å². The molecule has 0 saturated carbocycles. The molecule has 0 unspecified atom stereocenters. The summed E-state index contributed by atoms with van der Waals surface area (Å²) in [6.07, 6.45) is -0.863. The molecule has 0 aliphatic carbocycles. The number of hydrogen-bond acceptors (Lipinski definition) is 3. The van der Waals surface area contributed by atoms with Crippen molar-refractivity contribution in [3.05, 3.63) is 0 Å². The Kier molecular flexibility index (Phi) is 2.86. The van der Waals surface area contributed by atoms with Crippen LogP contribution in [-0.2, 0) is 4.74 Å². The zero-order chi connectivity index (χ0) is 6.57. The van der Waals surface area contributed by atoms with Crippen molar-refractivity contribution in [3.8, 4) is 0 Å². The zero-order valence-corrected chi connectivity index (χ0v) is 4.90. The van der Waals surface area contributed by atoms with Gasteiger partial charge in [-0.3, -0.25) is 0 Å². The fourth-order valence-corrected chi connectivity index (χ4v) is 0.201. The Morgan fingerprint density at radius 1 is 1.62 bits per heavy atom. The van der Waals surface area contributed by atoms with Gasteiger partial charge in [0, 0.05) is 0 Å². The number of nitrogens with two attached hydrogens (primary N) is 2. The van der Waals surface area contributed by atoms with Crippen LogP contribution in [0.5, 0.6) is 0 Å². The minimum Gasteiger partial charge on any atom is -0.442 e. The number of thiocarbonyl (C=S) groups is 1. The maximum absolute atomic E-state index is 9.79. The van der Waals surface area contributed by atoms with E-state index in [0.29, 0.717) is 0 Å². The third-order valence-corrected chi connectivity index (χ3v) is 0.475. The summed E-state index contributed by atoms with van der Waals surface area (Å²) in [5.74, 6) is 0. The molecule has 46 valence electrons. The summed E-state index contributed by atoms with van der Waals surface area (Å²) in [5, 5.41) is 0. The van der Waals surface area contributed by atoms with E-state index >= 15 is 0 Å². The van der Waals surface area contributed by atoms with Crippen molar-refractivity contribution in [2.45, 2.75) is 0 Å². The third kappa shape index (κ3) is 5.16. The summed E-state index contributed by atoms with van der Waals surface area (Å²) in [6, 6.07) is 0. The van der Waals surface area contributed by atoms with Crippen LogP contribution in [0.2, 0.25) is 0 Å². The Hall–Kier alpha value is -0.840. The second-order valence-corrected chi connectivity index (χ2v) is 1.60. The topological polar surface area (TPSA) is 78.3 Å². The van der Waals surface area contributed by atoms with Crippen LogP contribution in [0, 0.1) is 0 Å². The molecule has 4 N–H and O–H groups in total. The summed E-state index contributed by atoms with van der Waals surface area (Å²) >= 11 is 4.36. The van der Waals surface area contributed by atoms with Crippen LogP contribution in [0.1, 0.15) is 0 Å². The fraction of sp³-hybridized carbons (Fsp3) is 0.333. The normalized spacial score (nSPS) is 8.00. The highest BCUT2D eigenvalue weighted by Crippen LogP contribution is 1.71. The minimum atomic E-state index is -0.863. The molecule has 0 rings (SSSR count). The molecule has 0 radical (unpaired) electrons. The SMILES string of the molecule is NC(=O)OCC(N)=S. The lowest BCUT2D eigenvalue weighted by molar-refractivity contribution is 0.173. The summed E-state index contributed by atoms with van der Waals surface area (Å²) in [5.41, 5.74) is 9.50.